The van der Waals surface area contributed by atoms with Crippen molar-refractivity contribution in [2.45, 2.75) is 97.2 Å². The summed E-state index contributed by atoms with van der Waals surface area (Å²) < 4.78 is 61.9. The molecule has 196 valence electrons. The van der Waals surface area contributed by atoms with Gasteiger partial charge in [0.2, 0.25) is 5.91 Å². The van der Waals surface area contributed by atoms with Gasteiger partial charge in [0.05, 0.1) is 20.7 Å². The van der Waals surface area contributed by atoms with Crippen LogP contribution in [0, 0.1) is 46.3 Å². The monoisotopic (exact) mass is 503 g/mol. The first kappa shape index (κ1) is 21.4. The summed E-state index contributed by atoms with van der Waals surface area (Å²) in [6.07, 6.45) is 7.21. The minimum absolute atomic E-state index is 0.0203. The standard InChI is InChI=1S/C26H45NO6S/c1-16(4-7-23(30)27-12-13-34(31,32)33)19-5-6-20-24-21(9-11-26(19,20)3)25(2)10-8-18(28)14-17(25)15-22(24)29/h16-22,24,28-29H,4-15H2,1-3H3,(H,27,30)(H,31,32,33)/t16-,17+,18-,19-,20+,21+,22-,24+,25+,26-/m1/s1/i12D2,13D2. The van der Waals surface area contributed by atoms with Crippen molar-refractivity contribution in [3.63, 3.8) is 0 Å². The van der Waals surface area contributed by atoms with Crippen molar-refractivity contribution < 1.29 is 33.5 Å². The Bertz CT molecular complexity index is 1030. The van der Waals surface area contributed by atoms with Gasteiger partial charge in [0, 0.05) is 15.7 Å². The number of carbonyl (C=O) groups excluding carboxylic acids is 1. The predicted molar refractivity (Wildman–Crippen MR) is 130 cm³/mol. The van der Waals surface area contributed by atoms with Crippen molar-refractivity contribution in [3.05, 3.63) is 0 Å². The predicted octanol–water partition coefficient (Wildman–Crippen LogP) is 3.40. The number of rotatable bonds is 7. The molecule has 0 saturated heterocycles. The van der Waals surface area contributed by atoms with E-state index in [1.807, 2.05) is 5.32 Å². The fourth-order valence-electron chi connectivity index (χ4n) is 8.96. The highest BCUT2D eigenvalue weighted by Gasteiger charge is 2.62. The molecule has 4 N–H and O–H groups in total. The Balaban J connectivity index is 1.41. The molecular formula is C26H45NO6S. The average Bonchev–Trinajstić information content (AvgIpc) is 3.14. The number of fused-ring (bicyclic) bond motifs is 5. The van der Waals surface area contributed by atoms with Crippen LogP contribution in [-0.4, -0.2) is 53.5 Å². The highest BCUT2D eigenvalue weighted by Crippen LogP contribution is 2.68. The maximum absolute atomic E-state index is 12.5. The smallest absolute Gasteiger partial charge is 0.266 e. The van der Waals surface area contributed by atoms with Gasteiger partial charge < -0.3 is 15.5 Å². The lowest BCUT2D eigenvalue weighted by molar-refractivity contribution is -0.174. The van der Waals surface area contributed by atoms with Crippen LogP contribution in [0.25, 0.3) is 0 Å². The van der Waals surface area contributed by atoms with Gasteiger partial charge in [-0.2, -0.15) is 8.42 Å². The third kappa shape index (κ3) is 4.94. The third-order valence-corrected chi connectivity index (χ3v) is 11.0. The normalized spacial score (nSPS) is 47.6. The lowest BCUT2D eigenvalue weighted by Gasteiger charge is -2.62. The summed E-state index contributed by atoms with van der Waals surface area (Å²) in [5.74, 6) is 1.08. The second-order valence-corrected chi connectivity index (χ2v) is 13.4. The lowest BCUT2D eigenvalue weighted by Crippen LogP contribution is -2.58. The SMILES string of the molecule is [2H]C([2H])(NC(=O)CC[C@@H](C)[C@H]1CC[C@H]2[C@@H]3[C@H](O)C[C@@H]4C[C@H](O)CC[C@]4(C)[C@H]3CC[C@]12C)C([2H])([2H])S(=O)(=O)O. The molecule has 0 radical (unpaired) electrons. The Morgan fingerprint density at radius 1 is 1.09 bits per heavy atom. The maximum atomic E-state index is 12.5. The molecule has 0 aromatic rings. The van der Waals surface area contributed by atoms with E-state index >= 15 is 0 Å². The van der Waals surface area contributed by atoms with Crippen LogP contribution in [0.3, 0.4) is 0 Å². The molecule has 0 aliphatic heterocycles. The summed E-state index contributed by atoms with van der Waals surface area (Å²) in [6.45, 7) is 3.50. The number of hydrogen-bond acceptors (Lipinski definition) is 5. The van der Waals surface area contributed by atoms with Crippen molar-refractivity contribution in [1.82, 2.24) is 5.32 Å². The summed E-state index contributed by atoms with van der Waals surface area (Å²) in [6, 6.07) is 0. The molecule has 0 aromatic carbocycles. The second-order valence-electron chi connectivity index (χ2n) is 12.2. The highest BCUT2D eigenvalue weighted by molar-refractivity contribution is 7.85. The van der Waals surface area contributed by atoms with Gasteiger partial charge in [0.1, 0.15) is 0 Å². The van der Waals surface area contributed by atoms with Crippen LogP contribution in [-0.2, 0) is 14.9 Å². The first-order valence-corrected chi connectivity index (χ1v) is 14.4. The minimum Gasteiger partial charge on any atom is -0.393 e. The van der Waals surface area contributed by atoms with Crippen LogP contribution < -0.4 is 5.32 Å². The van der Waals surface area contributed by atoms with Gasteiger partial charge in [-0.15, -0.1) is 0 Å². The molecule has 34 heavy (non-hydrogen) atoms. The van der Waals surface area contributed by atoms with E-state index in [1.54, 1.807) is 0 Å². The van der Waals surface area contributed by atoms with Crippen LogP contribution in [0.4, 0.5) is 0 Å². The van der Waals surface area contributed by atoms with E-state index in [-0.39, 0.29) is 41.3 Å². The summed E-state index contributed by atoms with van der Waals surface area (Å²) >= 11 is 0. The molecule has 10 atom stereocenters. The quantitative estimate of drug-likeness (QED) is 0.395. The Morgan fingerprint density at radius 2 is 1.76 bits per heavy atom. The molecule has 4 saturated carbocycles. The van der Waals surface area contributed by atoms with Crippen LogP contribution in [0.1, 0.15) is 90.5 Å². The molecule has 4 rings (SSSR count). The molecule has 0 spiro atoms. The van der Waals surface area contributed by atoms with Crippen molar-refractivity contribution in [3.8, 4) is 0 Å². The van der Waals surface area contributed by atoms with E-state index in [1.165, 1.54) is 0 Å². The van der Waals surface area contributed by atoms with Gasteiger partial charge >= 0.3 is 0 Å². The molecular weight excluding hydrogens is 454 g/mol. The van der Waals surface area contributed by atoms with Gasteiger partial charge in [0.25, 0.3) is 10.1 Å². The third-order valence-electron chi connectivity index (χ3n) is 10.6. The van der Waals surface area contributed by atoms with Gasteiger partial charge in [0.15, 0.2) is 0 Å². The number of carbonyl (C=O) groups is 1. The van der Waals surface area contributed by atoms with Gasteiger partial charge in [-0.1, -0.05) is 20.8 Å². The topological polar surface area (TPSA) is 124 Å². The lowest BCUT2D eigenvalue weighted by atomic mass is 9.43. The number of aliphatic hydroxyl groups is 2. The Kier molecular flexibility index (Phi) is 6.06. The van der Waals surface area contributed by atoms with Crippen LogP contribution in [0.15, 0.2) is 0 Å². The Hall–Kier alpha value is -0.700. The fraction of sp³-hybridized carbons (Fsp3) is 0.962. The fourth-order valence-corrected chi connectivity index (χ4v) is 9.14. The number of aliphatic hydroxyl groups excluding tert-OH is 2. The molecule has 0 aromatic heterocycles. The second kappa shape index (κ2) is 9.64. The minimum atomic E-state index is -5.39. The van der Waals surface area contributed by atoms with E-state index in [0.717, 1.165) is 51.4 Å². The molecule has 0 bridgehead atoms. The van der Waals surface area contributed by atoms with Crippen molar-refractivity contribution in [2.75, 3.05) is 12.2 Å². The van der Waals surface area contributed by atoms with Crippen molar-refractivity contribution >= 4 is 16.0 Å². The highest BCUT2D eigenvalue weighted by atomic mass is 32.2. The van der Waals surface area contributed by atoms with E-state index in [4.69, 9.17) is 10.0 Å². The van der Waals surface area contributed by atoms with Gasteiger partial charge in [-0.25, -0.2) is 0 Å². The van der Waals surface area contributed by atoms with E-state index < -0.39 is 28.2 Å². The molecule has 0 unspecified atom stereocenters. The number of nitrogens with one attached hydrogen (secondary N) is 1. The zero-order valence-corrected chi connectivity index (χ0v) is 21.5. The zero-order chi connectivity index (χ0) is 28.5. The van der Waals surface area contributed by atoms with Crippen LogP contribution in [0.5, 0.6) is 0 Å². The molecule has 4 aliphatic carbocycles. The van der Waals surface area contributed by atoms with Crippen molar-refractivity contribution in [2.24, 2.45) is 46.3 Å². The van der Waals surface area contributed by atoms with E-state index in [2.05, 4.69) is 20.8 Å². The molecule has 8 heteroatoms. The first-order chi connectivity index (χ1) is 17.3. The van der Waals surface area contributed by atoms with Crippen LogP contribution in [0.2, 0.25) is 0 Å². The number of amides is 1. The molecule has 1 amide bonds. The van der Waals surface area contributed by atoms with E-state index in [9.17, 15) is 23.4 Å². The van der Waals surface area contributed by atoms with Gasteiger partial charge in [-0.3, -0.25) is 9.35 Å². The van der Waals surface area contributed by atoms with Crippen LogP contribution >= 0.6 is 0 Å². The number of hydrogen-bond donors (Lipinski definition) is 4. The average molecular weight is 504 g/mol. The first-order valence-electron chi connectivity index (χ1n) is 15.0. The van der Waals surface area contributed by atoms with Crippen molar-refractivity contribution in [1.29, 1.82) is 0 Å². The Morgan fingerprint density at radius 3 is 2.47 bits per heavy atom. The largest absolute Gasteiger partial charge is 0.393 e. The summed E-state index contributed by atoms with van der Waals surface area (Å²) in [7, 11) is -5.39. The maximum Gasteiger partial charge on any atom is 0.266 e. The zero-order valence-electron chi connectivity index (χ0n) is 24.7. The molecule has 4 fully saturated rings. The van der Waals surface area contributed by atoms with Gasteiger partial charge in [-0.05, 0) is 104 Å². The summed E-state index contributed by atoms with van der Waals surface area (Å²) in [5.41, 5.74) is -3.51. The summed E-state index contributed by atoms with van der Waals surface area (Å²) in [5, 5.41) is 23.5. The summed E-state index contributed by atoms with van der Waals surface area (Å²) in [4.78, 5) is 12.5. The molecule has 4 aliphatic rings. The Labute approximate surface area is 210 Å². The molecule has 0 heterocycles. The molecule has 7 nitrogen and oxygen atoms in total. The van der Waals surface area contributed by atoms with E-state index in [0.29, 0.717) is 30.1 Å².